The van der Waals surface area contributed by atoms with Gasteiger partial charge in [0.25, 0.3) is 0 Å². The van der Waals surface area contributed by atoms with Gasteiger partial charge >= 0.3 is 0 Å². The van der Waals surface area contributed by atoms with Crippen molar-refractivity contribution in [3.05, 3.63) is 46.4 Å². The summed E-state index contributed by atoms with van der Waals surface area (Å²) >= 11 is 1.54. The molecule has 5 heteroatoms. The fourth-order valence-electron chi connectivity index (χ4n) is 2.14. The van der Waals surface area contributed by atoms with Gasteiger partial charge in [-0.3, -0.25) is 4.79 Å². The summed E-state index contributed by atoms with van der Waals surface area (Å²) in [5.74, 6) is 0.811. The minimum Gasteiger partial charge on any atom is -0.492 e. The lowest BCUT2D eigenvalue weighted by Gasteiger charge is -2.24. The maximum Gasteiger partial charge on any atom is 0.227 e. The number of ether oxygens (including phenoxy) is 1. The van der Waals surface area contributed by atoms with Gasteiger partial charge in [0.2, 0.25) is 5.91 Å². The molecule has 1 atom stereocenters. The summed E-state index contributed by atoms with van der Waals surface area (Å²) in [5.41, 5.74) is 1.10. The Morgan fingerprint density at radius 1 is 1.47 bits per heavy atom. The van der Waals surface area contributed by atoms with Gasteiger partial charge in [-0.05, 0) is 18.1 Å². The molecule has 3 rings (SSSR count). The highest BCUT2D eigenvalue weighted by Gasteiger charge is 2.25. The van der Waals surface area contributed by atoms with Crippen molar-refractivity contribution in [1.29, 1.82) is 0 Å². The van der Waals surface area contributed by atoms with Crippen LogP contribution in [0.4, 0.5) is 0 Å². The second kappa shape index (κ2) is 5.40. The zero-order valence-corrected chi connectivity index (χ0v) is 11.2. The highest BCUT2D eigenvalue weighted by Crippen LogP contribution is 2.26. The average molecular weight is 274 g/mol. The fraction of sp³-hybridized carbons (Fsp3) is 0.286. The van der Waals surface area contributed by atoms with E-state index in [4.69, 9.17) is 4.74 Å². The molecule has 19 heavy (non-hydrogen) atoms. The molecule has 4 nitrogen and oxygen atoms in total. The van der Waals surface area contributed by atoms with Crippen molar-refractivity contribution in [1.82, 2.24) is 10.3 Å². The third-order valence-electron chi connectivity index (χ3n) is 3.15. The molecule has 1 aromatic heterocycles. The van der Waals surface area contributed by atoms with Crippen molar-refractivity contribution >= 4 is 17.2 Å². The van der Waals surface area contributed by atoms with Crippen LogP contribution in [0.25, 0.3) is 0 Å². The van der Waals surface area contributed by atoms with Gasteiger partial charge in [-0.15, -0.1) is 11.3 Å². The largest absolute Gasteiger partial charge is 0.492 e. The molecule has 1 N–H and O–H groups in total. The first-order valence-electron chi connectivity index (χ1n) is 6.20. The van der Waals surface area contributed by atoms with Gasteiger partial charge in [0.15, 0.2) is 0 Å². The number of benzene rings is 1. The molecule has 0 saturated carbocycles. The summed E-state index contributed by atoms with van der Waals surface area (Å²) in [5, 5.41) is 5.74. The van der Waals surface area contributed by atoms with E-state index in [-0.39, 0.29) is 11.8 Å². The van der Waals surface area contributed by atoms with E-state index in [1.807, 2.05) is 29.6 Å². The van der Waals surface area contributed by atoms with Crippen molar-refractivity contribution in [2.45, 2.75) is 13.0 Å². The molecule has 1 aromatic carbocycles. The van der Waals surface area contributed by atoms with Crippen LogP contribution in [0, 0.1) is 5.92 Å². The third kappa shape index (κ3) is 2.76. The Kier molecular flexibility index (Phi) is 3.46. The van der Waals surface area contributed by atoms with Gasteiger partial charge in [0.1, 0.15) is 17.4 Å². The highest BCUT2D eigenvalue weighted by atomic mass is 32.1. The Morgan fingerprint density at radius 3 is 3.21 bits per heavy atom. The van der Waals surface area contributed by atoms with E-state index in [2.05, 4.69) is 10.3 Å². The molecular weight excluding hydrogens is 260 g/mol. The zero-order valence-electron chi connectivity index (χ0n) is 10.3. The summed E-state index contributed by atoms with van der Waals surface area (Å²) in [6, 6.07) is 7.87. The first kappa shape index (κ1) is 12.2. The molecule has 2 aromatic rings. The quantitative estimate of drug-likeness (QED) is 0.931. The first-order valence-corrected chi connectivity index (χ1v) is 7.07. The lowest BCUT2D eigenvalue weighted by atomic mass is 9.96. The van der Waals surface area contributed by atoms with Crippen molar-refractivity contribution in [2.75, 3.05) is 6.61 Å². The van der Waals surface area contributed by atoms with E-state index < -0.39 is 0 Å². The molecule has 0 bridgehead atoms. The SMILES string of the molecule is O=C(NCc1nccs1)[C@H]1COc2ccccc2C1. The number of rotatable bonds is 3. The second-order valence-electron chi connectivity index (χ2n) is 4.46. The molecule has 1 aliphatic heterocycles. The van der Waals surface area contributed by atoms with Crippen LogP contribution in [-0.2, 0) is 17.8 Å². The van der Waals surface area contributed by atoms with Gasteiger partial charge in [-0.1, -0.05) is 18.2 Å². The minimum atomic E-state index is -0.116. The topological polar surface area (TPSA) is 51.2 Å². The van der Waals surface area contributed by atoms with Gasteiger partial charge in [-0.2, -0.15) is 0 Å². The fourth-order valence-corrected chi connectivity index (χ4v) is 2.70. The van der Waals surface area contributed by atoms with Crippen LogP contribution in [0.5, 0.6) is 5.75 Å². The Labute approximate surface area is 115 Å². The van der Waals surface area contributed by atoms with Crippen LogP contribution in [0.3, 0.4) is 0 Å². The van der Waals surface area contributed by atoms with E-state index in [9.17, 15) is 4.79 Å². The van der Waals surface area contributed by atoms with Gasteiger partial charge in [0, 0.05) is 11.6 Å². The van der Waals surface area contributed by atoms with Crippen LogP contribution >= 0.6 is 11.3 Å². The first-order chi connectivity index (χ1) is 9.33. The van der Waals surface area contributed by atoms with Crippen LogP contribution in [-0.4, -0.2) is 17.5 Å². The Bertz CT molecular complexity index is 569. The summed E-state index contributed by atoms with van der Waals surface area (Å²) in [6.07, 6.45) is 2.48. The molecule has 0 fully saturated rings. The standard InChI is InChI=1S/C14H14N2O2S/c17-14(16-8-13-15-5-6-19-13)11-7-10-3-1-2-4-12(10)18-9-11/h1-6,11H,7-9H2,(H,16,17)/t11-/m1/s1. The molecule has 0 spiro atoms. The summed E-state index contributed by atoms with van der Waals surface area (Å²) in [7, 11) is 0. The number of thiazole rings is 1. The average Bonchev–Trinajstić information content (AvgIpc) is 2.97. The number of aromatic nitrogens is 1. The number of hydrogen-bond acceptors (Lipinski definition) is 4. The number of fused-ring (bicyclic) bond motifs is 1. The Hall–Kier alpha value is -1.88. The molecule has 98 valence electrons. The maximum atomic E-state index is 12.1. The lowest BCUT2D eigenvalue weighted by molar-refractivity contribution is -0.126. The zero-order chi connectivity index (χ0) is 13.1. The Balaban J connectivity index is 1.60. The summed E-state index contributed by atoms with van der Waals surface area (Å²) in [6.45, 7) is 0.940. The maximum absolute atomic E-state index is 12.1. The number of nitrogens with one attached hydrogen (secondary N) is 1. The van der Waals surface area contributed by atoms with Gasteiger partial charge in [-0.25, -0.2) is 4.98 Å². The lowest BCUT2D eigenvalue weighted by Crippen LogP contribution is -2.37. The number of para-hydroxylation sites is 1. The van der Waals surface area contributed by atoms with Crippen molar-refractivity contribution < 1.29 is 9.53 Å². The molecule has 0 aliphatic carbocycles. The van der Waals surface area contributed by atoms with Gasteiger partial charge < -0.3 is 10.1 Å². The minimum absolute atomic E-state index is 0.0321. The van der Waals surface area contributed by atoms with Crippen molar-refractivity contribution in [2.24, 2.45) is 5.92 Å². The predicted octanol–water partition coefficient (Wildman–Crippen LogP) is 2.01. The van der Waals surface area contributed by atoms with Crippen molar-refractivity contribution in [3.8, 4) is 5.75 Å². The van der Waals surface area contributed by atoms with Crippen LogP contribution in [0.2, 0.25) is 0 Å². The van der Waals surface area contributed by atoms with Crippen LogP contribution in [0.1, 0.15) is 10.6 Å². The number of nitrogens with zero attached hydrogens (tertiary/aromatic N) is 1. The van der Waals surface area contributed by atoms with Gasteiger partial charge in [0.05, 0.1) is 12.5 Å². The number of hydrogen-bond donors (Lipinski definition) is 1. The number of amides is 1. The molecule has 0 saturated heterocycles. The second-order valence-corrected chi connectivity index (χ2v) is 5.44. The van der Waals surface area contributed by atoms with E-state index in [0.717, 1.165) is 22.7 Å². The van der Waals surface area contributed by atoms with Crippen molar-refractivity contribution in [3.63, 3.8) is 0 Å². The van der Waals surface area contributed by atoms with Crippen LogP contribution in [0.15, 0.2) is 35.8 Å². The Morgan fingerprint density at radius 2 is 2.37 bits per heavy atom. The monoisotopic (exact) mass is 274 g/mol. The van der Waals surface area contributed by atoms with E-state index in [0.29, 0.717) is 13.2 Å². The normalized spacial score (nSPS) is 17.4. The summed E-state index contributed by atoms with van der Waals surface area (Å²) in [4.78, 5) is 16.2. The molecule has 1 aliphatic rings. The van der Waals surface area contributed by atoms with E-state index in [1.165, 1.54) is 0 Å². The predicted molar refractivity (Wildman–Crippen MR) is 73.1 cm³/mol. The molecule has 0 radical (unpaired) electrons. The molecule has 2 heterocycles. The molecular formula is C14H14N2O2S. The van der Waals surface area contributed by atoms with E-state index >= 15 is 0 Å². The third-order valence-corrected chi connectivity index (χ3v) is 3.93. The molecule has 1 amide bonds. The van der Waals surface area contributed by atoms with Crippen LogP contribution < -0.4 is 10.1 Å². The number of carbonyl (C=O) groups excluding carboxylic acids is 1. The summed E-state index contributed by atoms with van der Waals surface area (Å²) < 4.78 is 5.62. The number of carbonyl (C=O) groups is 1. The van der Waals surface area contributed by atoms with E-state index in [1.54, 1.807) is 17.5 Å². The highest BCUT2D eigenvalue weighted by molar-refractivity contribution is 7.09. The smallest absolute Gasteiger partial charge is 0.227 e. The molecule has 0 unspecified atom stereocenters.